The Hall–Kier alpha value is -1.28. The minimum Gasteiger partial charge on any atom is -0.465 e. The number of ether oxygens (including phenoxy) is 1. The maximum atomic E-state index is 10.2. The van der Waals surface area contributed by atoms with Crippen LogP contribution in [0.5, 0.6) is 0 Å². The summed E-state index contributed by atoms with van der Waals surface area (Å²) in [6, 6.07) is 1.82. The van der Waals surface area contributed by atoms with Crippen LogP contribution in [0.25, 0.3) is 0 Å². The summed E-state index contributed by atoms with van der Waals surface area (Å²) in [7, 11) is 0. The summed E-state index contributed by atoms with van der Waals surface area (Å²) < 4.78 is 5.05. The number of hydrogen-bond acceptors (Lipinski definition) is 3. The highest BCUT2D eigenvalue weighted by Crippen LogP contribution is 2.12. The van der Waals surface area contributed by atoms with Crippen LogP contribution in [0.4, 0.5) is 4.79 Å². The maximum absolute atomic E-state index is 10.2. The van der Waals surface area contributed by atoms with Gasteiger partial charge in [0.25, 0.3) is 0 Å². The average molecular weight is 170 g/mol. The lowest BCUT2D eigenvalue weighted by Gasteiger charge is -2.24. The van der Waals surface area contributed by atoms with Crippen molar-refractivity contribution in [3.63, 3.8) is 0 Å². The Morgan fingerprint density at radius 1 is 1.67 bits per heavy atom. The molecule has 0 aromatic heterocycles. The molecule has 1 saturated heterocycles. The third kappa shape index (κ3) is 2.40. The number of nitrogens with zero attached hydrogens (tertiary/aromatic N) is 1. The molecule has 0 aromatic rings. The van der Waals surface area contributed by atoms with Gasteiger partial charge in [0.2, 0.25) is 0 Å². The van der Waals surface area contributed by atoms with Crippen molar-refractivity contribution in [3.05, 3.63) is 0 Å². The Morgan fingerprint density at radius 3 is 2.83 bits per heavy atom. The fourth-order valence-corrected chi connectivity index (χ4v) is 1.14. The average Bonchev–Trinajstić information content (AvgIpc) is 2.05. The van der Waals surface area contributed by atoms with Gasteiger partial charge < -0.3 is 15.2 Å². The lowest BCUT2D eigenvalue weighted by atomic mass is 10.1. The van der Waals surface area contributed by atoms with Gasteiger partial charge in [-0.3, -0.25) is 0 Å². The highest BCUT2D eigenvalue weighted by atomic mass is 16.5. The second-order valence-corrected chi connectivity index (χ2v) is 2.67. The van der Waals surface area contributed by atoms with Gasteiger partial charge in [0.1, 0.15) is 6.10 Å². The topological polar surface area (TPSA) is 82.4 Å². The van der Waals surface area contributed by atoms with Crippen molar-refractivity contribution >= 4 is 6.09 Å². The van der Waals surface area contributed by atoms with Gasteiger partial charge in [-0.1, -0.05) is 0 Å². The molecule has 0 spiro atoms. The van der Waals surface area contributed by atoms with E-state index in [1.807, 2.05) is 6.07 Å². The Kier molecular flexibility index (Phi) is 2.88. The molecule has 0 aromatic carbocycles. The molecule has 0 bridgehead atoms. The molecule has 1 aliphatic heterocycles. The molecule has 0 unspecified atom stereocenters. The first-order valence-electron chi connectivity index (χ1n) is 3.73. The first-order valence-corrected chi connectivity index (χ1v) is 3.73. The number of rotatable bonds is 1. The van der Waals surface area contributed by atoms with E-state index in [2.05, 4.69) is 5.32 Å². The Labute approximate surface area is 69.9 Å². The van der Waals surface area contributed by atoms with Crippen LogP contribution in [0.2, 0.25) is 0 Å². The summed E-state index contributed by atoms with van der Waals surface area (Å²) in [4.78, 5) is 10.2. The number of carbonyl (C=O) groups is 1. The molecule has 0 aliphatic carbocycles. The van der Waals surface area contributed by atoms with Gasteiger partial charge in [-0.25, -0.2) is 4.79 Å². The van der Waals surface area contributed by atoms with Crippen molar-refractivity contribution in [2.45, 2.75) is 25.0 Å². The Morgan fingerprint density at radius 2 is 2.42 bits per heavy atom. The zero-order valence-corrected chi connectivity index (χ0v) is 6.49. The molecule has 1 aliphatic rings. The third-order valence-electron chi connectivity index (χ3n) is 1.75. The van der Waals surface area contributed by atoms with Crippen LogP contribution in [0.1, 0.15) is 12.8 Å². The molecule has 2 atom stereocenters. The predicted octanol–water partition coefficient (Wildman–Crippen LogP) is 0.325. The van der Waals surface area contributed by atoms with Crippen molar-refractivity contribution < 1.29 is 14.6 Å². The smallest absolute Gasteiger partial charge is 0.404 e. The molecule has 0 saturated carbocycles. The van der Waals surface area contributed by atoms with Gasteiger partial charge in [0.15, 0.2) is 0 Å². The summed E-state index contributed by atoms with van der Waals surface area (Å²) in [6.45, 7) is 0.296. The van der Waals surface area contributed by atoms with Crippen molar-refractivity contribution in [2.24, 2.45) is 0 Å². The largest absolute Gasteiger partial charge is 0.465 e. The van der Waals surface area contributed by atoms with E-state index >= 15 is 0 Å². The third-order valence-corrected chi connectivity index (χ3v) is 1.75. The predicted molar refractivity (Wildman–Crippen MR) is 39.5 cm³/mol. The number of nitrogens with one attached hydrogen (secondary N) is 1. The molecule has 1 rings (SSSR count). The molecule has 5 nitrogen and oxygen atoms in total. The first-order chi connectivity index (χ1) is 5.72. The van der Waals surface area contributed by atoms with Crippen LogP contribution < -0.4 is 5.32 Å². The van der Waals surface area contributed by atoms with Gasteiger partial charge >= 0.3 is 6.09 Å². The number of amides is 1. The number of nitriles is 1. The van der Waals surface area contributed by atoms with Crippen LogP contribution in [-0.4, -0.2) is 30.0 Å². The van der Waals surface area contributed by atoms with E-state index in [0.717, 1.165) is 0 Å². The minimum atomic E-state index is -1.04. The minimum absolute atomic E-state index is 0.160. The van der Waals surface area contributed by atoms with Crippen LogP contribution in [0.3, 0.4) is 0 Å². The first kappa shape index (κ1) is 8.81. The van der Waals surface area contributed by atoms with Crippen molar-refractivity contribution in [1.29, 1.82) is 5.26 Å². The molecule has 1 fully saturated rings. The SMILES string of the molecule is N#C[C@@H]1CC[C@@H](NC(=O)O)CO1. The van der Waals surface area contributed by atoms with Crippen molar-refractivity contribution in [1.82, 2.24) is 5.32 Å². The lowest BCUT2D eigenvalue weighted by Crippen LogP contribution is -2.41. The molecular weight excluding hydrogens is 160 g/mol. The molecule has 0 radical (unpaired) electrons. The zero-order valence-electron chi connectivity index (χ0n) is 6.49. The van der Waals surface area contributed by atoms with Gasteiger partial charge in [0.05, 0.1) is 18.7 Å². The molecule has 1 amide bonds. The van der Waals surface area contributed by atoms with E-state index in [4.69, 9.17) is 15.1 Å². The van der Waals surface area contributed by atoms with Crippen LogP contribution in [-0.2, 0) is 4.74 Å². The van der Waals surface area contributed by atoms with Crippen molar-refractivity contribution in [3.8, 4) is 6.07 Å². The van der Waals surface area contributed by atoms with E-state index < -0.39 is 6.09 Å². The van der Waals surface area contributed by atoms with E-state index in [9.17, 15) is 4.79 Å². The summed E-state index contributed by atoms with van der Waals surface area (Å²) >= 11 is 0. The lowest BCUT2D eigenvalue weighted by molar-refractivity contribution is 0.0298. The van der Waals surface area contributed by atoms with E-state index in [-0.39, 0.29) is 12.1 Å². The molecular formula is C7H10N2O3. The van der Waals surface area contributed by atoms with Gasteiger partial charge in [0, 0.05) is 0 Å². The summed E-state index contributed by atoms with van der Waals surface area (Å²) in [5.74, 6) is 0. The quantitative estimate of drug-likeness (QED) is 0.593. The summed E-state index contributed by atoms with van der Waals surface area (Å²) in [5.41, 5.74) is 0. The molecule has 66 valence electrons. The second kappa shape index (κ2) is 3.93. The highest BCUT2D eigenvalue weighted by molar-refractivity contribution is 5.64. The maximum Gasteiger partial charge on any atom is 0.404 e. The van der Waals surface area contributed by atoms with Gasteiger partial charge in [-0.05, 0) is 12.8 Å². The number of carboxylic acid groups (broad SMARTS) is 1. The molecule has 1 heterocycles. The van der Waals surface area contributed by atoms with Gasteiger partial charge in [-0.15, -0.1) is 0 Å². The van der Waals surface area contributed by atoms with E-state index in [1.165, 1.54) is 0 Å². The fourth-order valence-electron chi connectivity index (χ4n) is 1.14. The van der Waals surface area contributed by atoms with E-state index in [1.54, 1.807) is 0 Å². The summed E-state index contributed by atoms with van der Waals surface area (Å²) in [5, 5.41) is 19.1. The second-order valence-electron chi connectivity index (χ2n) is 2.67. The normalized spacial score (nSPS) is 28.9. The van der Waals surface area contributed by atoms with Crippen molar-refractivity contribution in [2.75, 3.05) is 6.61 Å². The van der Waals surface area contributed by atoms with Crippen LogP contribution >= 0.6 is 0 Å². The Balaban J connectivity index is 2.27. The molecule has 5 heteroatoms. The Bertz CT molecular complexity index is 203. The highest BCUT2D eigenvalue weighted by Gasteiger charge is 2.21. The molecule has 12 heavy (non-hydrogen) atoms. The fraction of sp³-hybridized carbons (Fsp3) is 0.714. The summed E-state index contributed by atoms with van der Waals surface area (Å²) in [6.07, 6.45) is -0.137. The van der Waals surface area contributed by atoms with Crippen LogP contribution in [0.15, 0.2) is 0 Å². The zero-order chi connectivity index (χ0) is 8.97. The standard InChI is InChI=1S/C7H10N2O3/c8-3-6-2-1-5(4-12-6)9-7(10)11/h5-6,9H,1-2,4H2,(H,10,11)/t5-,6+/m1/s1. The van der Waals surface area contributed by atoms with Crippen LogP contribution in [0, 0.1) is 11.3 Å². The molecule has 2 N–H and O–H groups in total. The van der Waals surface area contributed by atoms with Gasteiger partial charge in [-0.2, -0.15) is 5.26 Å². The van der Waals surface area contributed by atoms with E-state index in [0.29, 0.717) is 19.4 Å². The monoisotopic (exact) mass is 170 g/mol. The number of hydrogen-bond donors (Lipinski definition) is 2.